The predicted octanol–water partition coefficient (Wildman–Crippen LogP) is 5.55. The van der Waals surface area contributed by atoms with Gasteiger partial charge in [0.2, 0.25) is 0 Å². The Kier molecular flexibility index (Phi) is 3.81. The lowest BCUT2D eigenvalue weighted by Crippen LogP contribution is -2.35. The maximum absolute atomic E-state index is 3.70. The third-order valence-electron chi connectivity index (χ3n) is 2.21. The van der Waals surface area contributed by atoms with E-state index < -0.39 is 8.07 Å². The highest BCUT2D eigenvalue weighted by Gasteiger charge is 2.23. The summed E-state index contributed by atoms with van der Waals surface area (Å²) in [5.41, 5.74) is 0. The van der Waals surface area contributed by atoms with Gasteiger partial charge in [0.05, 0.1) is 13.0 Å². The van der Waals surface area contributed by atoms with Crippen molar-refractivity contribution in [2.24, 2.45) is 0 Å². The molecule has 0 aliphatic rings. The average molecular weight is 396 g/mol. The molecule has 0 N–H and O–H groups in total. The van der Waals surface area contributed by atoms with Crippen LogP contribution in [0.1, 0.15) is 0 Å². The molecule has 0 spiro atoms. The molecule has 0 fully saturated rings. The van der Waals surface area contributed by atoms with Crippen LogP contribution in [0.4, 0.5) is 0 Å². The van der Waals surface area contributed by atoms with Crippen molar-refractivity contribution in [2.75, 3.05) is 0 Å². The Morgan fingerprint density at radius 3 is 2.25 bits per heavy atom. The van der Waals surface area contributed by atoms with Crippen molar-refractivity contribution in [2.45, 2.75) is 19.6 Å². The lowest BCUT2D eigenvalue weighted by Gasteiger charge is -2.13. The van der Waals surface area contributed by atoms with Crippen LogP contribution < -0.4 is 4.50 Å². The van der Waals surface area contributed by atoms with Gasteiger partial charge in [0.15, 0.2) is 0 Å². The van der Waals surface area contributed by atoms with Crippen LogP contribution in [0.5, 0.6) is 0 Å². The molecule has 0 radical (unpaired) electrons. The molecule has 0 bridgehead atoms. The van der Waals surface area contributed by atoms with Gasteiger partial charge >= 0.3 is 0 Å². The number of halogens is 2. The SMILES string of the molecule is C[Si](C)(C)c1sc(-c2sccc2Br)cc1Br. The van der Waals surface area contributed by atoms with Crippen molar-refractivity contribution < 1.29 is 0 Å². The summed E-state index contributed by atoms with van der Waals surface area (Å²) in [7, 11) is -1.23. The van der Waals surface area contributed by atoms with E-state index in [1.165, 1.54) is 18.7 Å². The van der Waals surface area contributed by atoms with Gasteiger partial charge in [-0.3, -0.25) is 0 Å². The van der Waals surface area contributed by atoms with Crippen molar-refractivity contribution in [1.29, 1.82) is 0 Å². The van der Waals surface area contributed by atoms with E-state index >= 15 is 0 Å². The fourth-order valence-corrected chi connectivity index (χ4v) is 8.87. The van der Waals surface area contributed by atoms with Crippen molar-refractivity contribution >= 4 is 67.1 Å². The first-order chi connectivity index (χ1) is 7.39. The van der Waals surface area contributed by atoms with Crippen molar-refractivity contribution in [3.05, 3.63) is 26.5 Å². The van der Waals surface area contributed by atoms with Crippen LogP contribution in [0.3, 0.4) is 0 Å². The zero-order valence-electron chi connectivity index (χ0n) is 9.30. The van der Waals surface area contributed by atoms with Crippen molar-refractivity contribution in [1.82, 2.24) is 0 Å². The minimum atomic E-state index is -1.23. The molecule has 0 saturated carbocycles. The van der Waals surface area contributed by atoms with Gasteiger partial charge in [-0.05, 0) is 33.4 Å². The Labute approximate surface area is 122 Å². The summed E-state index contributed by atoms with van der Waals surface area (Å²) in [4.78, 5) is 2.71. The Morgan fingerprint density at radius 2 is 1.81 bits per heavy atom. The lowest BCUT2D eigenvalue weighted by atomic mass is 10.4. The third-order valence-corrected chi connectivity index (χ3v) is 10.2. The molecular weight excluding hydrogens is 384 g/mol. The van der Waals surface area contributed by atoms with E-state index in [-0.39, 0.29) is 0 Å². The summed E-state index contributed by atoms with van der Waals surface area (Å²) >= 11 is 11.0. The second kappa shape index (κ2) is 4.69. The maximum Gasteiger partial charge on any atom is 0.0919 e. The third kappa shape index (κ3) is 2.53. The molecule has 0 nitrogen and oxygen atoms in total. The van der Waals surface area contributed by atoms with Gasteiger partial charge in [-0.1, -0.05) is 35.6 Å². The van der Waals surface area contributed by atoms with Crippen LogP contribution in [0.2, 0.25) is 19.6 Å². The number of thiophene rings is 2. The standard InChI is InChI=1S/C11H12Br2S2Si/c1-16(2,3)11-8(13)6-9(15-11)10-7(12)4-5-14-10/h4-6H,1-3H3. The molecule has 16 heavy (non-hydrogen) atoms. The Hall–Kier alpha value is 0.577. The first-order valence-corrected chi connectivity index (χ1v) is 11.7. The maximum atomic E-state index is 3.70. The van der Waals surface area contributed by atoms with Gasteiger partial charge in [0, 0.05) is 18.3 Å². The summed E-state index contributed by atoms with van der Waals surface area (Å²) in [6, 6.07) is 4.37. The molecule has 0 amide bonds. The average Bonchev–Trinajstić information content (AvgIpc) is 2.70. The van der Waals surface area contributed by atoms with Gasteiger partial charge in [-0.25, -0.2) is 0 Å². The molecule has 2 aromatic heterocycles. The van der Waals surface area contributed by atoms with Crippen LogP contribution in [0.25, 0.3) is 9.75 Å². The van der Waals surface area contributed by atoms with Crippen molar-refractivity contribution in [3.8, 4) is 9.75 Å². The lowest BCUT2D eigenvalue weighted by molar-refractivity contribution is 1.76. The molecule has 5 heteroatoms. The molecule has 0 aliphatic carbocycles. The van der Waals surface area contributed by atoms with Crippen LogP contribution in [0.15, 0.2) is 26.5 Å². The Morgan fingerprint density at radius 1 is 1.12 bits per heavy atom. The normalized spacial score (nSPS) is 12.1. The van der Waals surface area contributed by atoms with Gasteiger partial charge < -0.3 is 0 Å². The van der Waals surface area contributed by atoms with Gasteiger partial charge in [0.25, 0.3) is 0 Å². The highest BCUT2D eigenvalue weighted by Crippen LogP contribution is 2.38. The Bertz CT molecular complexity index is 508. The highest BCUT2D eigenvalue weighted by atomic mass is 79.9. The highest BCUT2D eigenvalue weighted by molar-refractivity contribution is 9.11. The fourth-order valence-electron chi connectivity index (χ4n) is 1.46. The largest absolute Gasteiger partial charge is 0.143 e. The summed E-state index contributed by atoms with van der Waals surface area (Å²) in [5.74, 6) is 0. The first-order valence-electron chi connectivity index (χ1n) is 4.93. The molecule has 2 rings (SSSR count). The van der Waals surface area contributed by atoms with Gasteiger partial charge in [-0.2, -0.15) is 0 Å². The predicted molar refractivity (Wildman–Crippen MR) is 86.0 cm³/mol. The minimum Gasteiger partial charge on any atom is -0.143 e. The number of hydrogen-bond donors (Lipinski definition) is 0. The topological polar surface area (TPSA) is 0 Å². The van der Waals surface area contributed by atoms with E-state index in [1.54, 1.807) is 15.8 Å². The summed E-state index contributed by atoms with van der Waals surface area (Å²) < 4.78 is 4.03. The first kappa shape index (κ1) is 13.0. The van der Waals surface area contributed by atoms with Gasteiger partial charge in [0.1, 0.15) is 0 Å². The molecule has 0 unspecified atom stereocenters. The zero-order valence-corrected chi connectivity index (χ0v) is 15.1. The van der Waals surface area contributed by atoms with Crippen molar-refractivity contribution in [3.63, 3.8) is 0 Å². The molecule has 0 saturated heterocycles. The number of hydrogen-bond acceptors (Lipinski definition) is 2. The monoisotopic (exact) mass is 394 g/mol. The van der Waals surface area contributed by atoms with Gasteiger partial charge in [-0.15, -0.1) is 22.7 Å². The zero-order chi connectivity index (χ0) is 11.9. The second-order valence-electron chi connectivity index (χ2n) is 4.64. The van der Waals surface area contributed by atoms with E-state index in [0.717, 1.165) is 0 Å². The van der Waals surface area contributed by atoms with E-state index in [9.17, 15) is 0 Å². The molecule has 0 atom stereocenters. The molecular formula is C11H12Br2S2Si. The molecule has 2 aromatic rings. The second-order valence-corrected chi connectivity index (χ2v) is 13.7. The fraction of sp³-hybridized carbons (Fsp3) is 0.273. The number of rotatable bonds is 2. The Balaban J connectivity index is 2.51. The van der Waals surface area contributed by atoms with Crippen LogP contribution in [0, 0.1) is 0 Å². The molecule has 0 aromatic carbocycles. The smallest absolute Gasteiger partial charge is 0.0919 e. The van der Waals surface area contributed by atoms with E-state index in [2.05, 4.69) is 69.0 Å². The van der Waals surface area contributed by atoms with E-state index in [4.69, 9.17) is 0 Å². The minimum absolute atomic E-state index is 1.20. The molecule has 0 aliphatic heterocycles. The molecule has 86 valence electrons. The van der Waals surface area contributed by atoms with E-state index in [0.29, 0.717) is 0 Å². The summed E-state index contributed by atoms with van der Waals surface area (Å²) in [6.45, 7) is 7.16. The van der Waals surface area contributed by atoms with E-state index in [1.807, 2.05) is 11.3 Å². The molecule has 2 heterocycles. The van der Waals surface area contributed by atoms with Crippen LogP contribution in [-0.4, -0.2) is 8.07 Å². The summed E-state index contributed by atoms with van der Waals surface area (Å²) in [6.07, 6.45) is 0. The quantitative estimate of drug-likeness (QED) is 0.585. The van der Waals surface area contributed by atoms with Crippen LogP contribution in [-0.2, 0) is 0 Å². The summed E-state index contributed by atoms with van der Waals surface area (Å²) in [5, 5.41) is 2.13. The van der Waals surface area contributed by atoms with Crippen LogP contribution >= 0.6 is 54.5 Å².